The quantitative estimate of drug-likeness (QED) is 0.690. The van der Waals surface area contributed by atoms with E-state index in [-0.39, 0.29) is 5.82 Å². The van der Waals surface area contributed by atoms with Gasteiger partial charge in [-0.05, 0) is 24.5 Å². The predicted molar refractivity (Wildman–Crippen MR) is 56.3 cm³/mol. The van der Waals surface area contributed by atoms with E-state index in [1.807, 2.05) is 0 Å². The van der Waals surface area contributed by atoms with Crippen LogP contribution in [0.2, 0.25) is 0 Å². The van der Waals surface area contributed by atoms with Crippen LogP contribution in [0.4, 0.5) is 4.39 Å². The molecule has 14 heavy (non-hydrogen) atoms. The summed E-state index contributed by atoms with van der Waals surface area (Å²) in [6.45, 7) is 1.73. The highest BCUT2D eigenvalue weighted by molar-refractivity contribution is 7.17. The van der Waals surface area contributed by atoms with E-state index in [0.717, 1.165) is 4.70 Å². The number of hydrogen-bond acceptors (Lipinski definition) is 3. The highest BCUT2D eigenvalue weighted by atomic mass is 32.1. The normalized spacial score (nSPS) is 10.9. The minimum atomic E-state index is -1.50. The largest absolute Gasteiger partial charge is 0.488 e. The first-order valence-electron chi connectivity index (χ1n) is 4.13. The van der Waals surface area contributed by atoms with E-state index in [9.17, 15) is 4.39 Å². The summed E-state index contributed by atoms with van der Waals surface area (Å²) < 4.78 is 13.9. The van der Waals surface area contributed by atoms with Crippen molar-refractivity contribution in [2.45, 2.75) is 6.92 Å². The van der Waals surface area contributed by atoms with Gasteiger partial charge in [0.05, 0.1) is 0 Å². The average molecular weight is 210 g/mol. The van der Waals surface area contributed by atoms with Crippen molar-refractivity contribution in [2.75, 3.05) is 0 Å². The Bertz CT molecular complexity index is 481. The van der Waals surface area contributed by atoms with E-state index in [0.29, 0.717) is 16.4 Å². The lowest BCUT2D eigenvalue weighted by molar-refractivity contribution is 0.425. The Balaban J connectivity index is 2.72. The molecule has 0 aliphatic carbocycles. The Morgan fingerprint density at radius 1 is 1.36 bits per heavy atom. The van der Waals surface area contributed by atoms with Gasteiger partial charge in [-0.15, -0.1) is 11.3 Å². The van der Waals surface area contributed by atoms with Crippen molar-refractivity contribution >= 4 is 34.0 Å². The molecule has 0 saturated carbocycles. The minimum absolute atomic E-state index is 0.257. The Morgan fingerprint density at radius 2 is 2.07 bits per heavy atom. The van der Waals surface area contributed by atoms with Gasteiger partial charge in [0.1, 0.15) is 5.82 Å². The zero-order chi connectivity index (χ0) is 10.3. The fourth-order valence-electron chi connectivity index (χ4n) is 1.44. The summed E-state index contributed by atoms with van der Waals surface area (Å²) in [6, 6.07) is 3.25. The Kier molecular flexibility index (Phi) is 2.30. The van der Waals surface area contributed by atoms with Gasteiger partial charge < -0.3 is 10.0 Å². The van der Waals surface area contributed by atoms with Gasteiger partial charge in [-0.25, -0.2) is 4.39 Å². The molecule has 72 valence electrons. The Labute approximate surface area is 84.8 Å². The molecule has 2 N–H and O–H groups in total. The molecule has 0 saturated heterocycles. The number of fused-ring (bicyclic) bond motifs is 1. The zero-order valence-electron chi connectivity index (χ0n) is 7.49. The van der Waals surface area contributed by atoms with Crippen LogP contribution in [0.1, 0.15) is 5.56 Å². The molecule has 0 aliphatic rings. The predicted octanol–water partition coefficient (Wildman–Crippen LogP) is 1.03. The summed E-state index contributed by atoms with van der Waals surface area (Å²) in [4.78, 5) is 0. The molecule has 0 amide bonds. The highest BCUT2D eigenvalue weighted by Crippen LogP contribution is 2.24. The van der Waals surface area contributed by atoms with Gasteiger partial charge in [0.2, 0.25) is 0 Å². The fraction of sp³-hybridized carbons (Fsp3) is 0.111. The number of benzene rings is 1. The van der Waals surface area contributed by atoms with Gasteiger partial charge in [0.15, 0.2) is 0 Å². The molecular weight excluding hydrogens is 202 g/mol. The number of thiophene rings is 1. The summed E-state index contributed by atoms with van der Waals surface area (Å²) >= 11 is 1.26. The summed E-state index contributed by atoms with van der Waals surface area (Å²) in [6.07, 6.45) is 0. The lowest BCUT2D eigenvalue weighted by Gasteiger charge is -2.04. The maximum atomic E-state index is 13.1. The molecule has 1 heterocycles. The molecule has 0 unspecified atom stereocenters. The molecule has 2 aromatic rings. The van der Waals surface area contributed by atoms with E-state index in [4.69, 9.17) is 10.0 Å². The van der Waals surface area contributed by atoms with Crippen molar-refractivity contribution in [1.29, 1.82) is 0 Å². The second-order valence-corrected chi connectivity index (χ2v) is 4.07. The molecule has 0 aliphatic heterocycles. The molecule has 5 heteroatoms. The Morgan fingerprint density at radius 3 is 2.71 bits per heavy atom. The number of halogens is 1. The van der Waals surface area contributed by atoms with Gasteiger partial charge >= 0.3 is 7.12 Å². The van der Waals surface area contributed by atoms with Gasteiger partial charge in [-0.3, -0.25) is 0 Å². The van der Waals surface area contributed by atoms with Crippen LogP contribution in [0.5, 0.6) is 0 Å². The van der Waals surface area contributed by atoms with Crippen LogP contribution < -0.4 is 5.46 Å². The zero-order valence-corrected chi connectivity index (χ0v) is 8.31. The lowest BCUT2D eigenvalue weighted by atomic mass is 9.77. The third-order valence-corrected chi connectivity index (χ3v) is 3.11. The lowest BCUT2D eigenvalue weighted by Crippen LogP contribution is -2.31. The molecule has 2 rings (SSSR count). The number of hydrogen-bond donors (Lipinski definition) is 2. The van der Waals surface area contributed by atoms with E-state index in [1.54, 1.807) is 19.1 Å². The summed E-state index contributed by atoms with van der Waals surface area (Å²) in [5, 5.41) is 20.0. The molecule has 0 fully saturated rings. The van der Waals surface area contributed by atoms with Gasteiger partial charge in [0, 0.05) is 15.5 Å². The van der Waals surface area contributed by atoms with E-state index in [2.05, 4.69) is 0 Å². The summed E-state index contributed by atoms with van der Waals surface area (Å²) in [5.74, 6) is -0.257. The van der Waals surface area contributed by atoms with Gasteiger partial charge in [0.25, 0.3) is 0 Å². The average Bonchev–Trinajstić information content (AvgIpc) is 2.46. The van der Waals surface area contributed by atoms with Crippen LogP contribution in [-0.2, 0) is 0 Å². The number of rotatable bonds is 1. The minimum Gasteiger partial charge on any atom is -0.423 e. The Hall–Kier alpha value is -0.905. The van der Waals surface area contributed by atoms with Crippen molar-refractivity contribution in [3.05, 3.63) is 28.9 Å². The highest BCUT2D eigenvalue weighted by Gasteiger charge is 2.16. The second-order valence-electron chi connectivity index (χ2n) is 3.16. The molecule has 0 atom stereocenters. The molecule has 0 bridgehead atoms. The van der Waals surface area contributed by atoms with Gasteiger partial charge in [-0.2, -0.15) is 0 Å². The first kappa shape index (κ1) is 9.64. The molecule has 0 radical (unpaired) electrons. The maximum Gasteiger partial charge on any atom is 0.488 e. The first-order valence-corrected chi connectivity index (χ1v) is 5.01. The third-order valence-electron chi connectivity index (χ3n) is 2.19. The molecular formula is C9H8BFO2S. The van der Waals surface area contributed by atoms with Crippen molar-refractivity contribution < 1.29 is 14.4 Å². The molecule has 2 nitrogen and oxygen atoms in total. The van der Waals surface area contributed by atoms with Crippen molar-refractivity contribution in [3.8, 4) is 0 Å². The monoisotopic (exact) mass is 210 g/mol. The third kappa shape index (κ3) is 1.43. The van der Waals surface area contributed by atoms with E-state index < -0.39 is 7.12 Å². The van der Waals surface area contributed by atoms with Crippen molar-refractivity contribution in [1.82, 2.24) is 0 Å². The topological polar surface area (TPSA) is 40.5 Å². The van der Waals surface area contributed by atoms with E-state index >= 15 is 0 Å². The van der Waals surface area contributed by atoms with Crippen molar-refractivity contribution in [2.24, 2.45) is 0 Å². The standard InChI is InChI=1S/C9H8BFO2S/c1-5-2-6-8(11)4-14-9(6)3-7(5)10(12)13/h2-4,12-13H,1H3. The van der Waals surface area contributed by atoms with Crippen LogP contribution in [0.3, 0.4) is 0 Å². The molecule has 1 aromatic heterocycles. The molecule has 0 spiro atoms. The van der Waals surface area contributed by atoms with Gasteiger partial charge in [-0.1, -0.05) is 5.56 Å². The van der Waals surface area contributed by atoms with E-state index in [1.165, 1.54) is 16.7 Å². The summed E-state index contributed by atoms with van der Waals surface area (Å²) in [7, 11) is -1.50. The van der Waals surface area contributed by atoms with Crippen LogP contribution in [0.25, 0.3) is 10.1 Å². The first-order chi connectivity index (χ1) is 6.59. The maximum absolute atomic E-state index is 13.1. The van der Waals surface area contributed by atoms with Crippen molar-refractivity contribution in [3.63, 3.8) is 0 Å². The SMILES string of the molecule is Cc1cc2c(F)csc2cc1B(O)O. The summed E-state index contributed by atoms with van der Waals surface area (Å²) in [5.41, 5.74) is 1.11. The van der Waals surface area contributed by atoms with Crippen LogP contribution in [0.15, 0.2) is 17.5 Å². The molecule has 1 aromatic carbocycles. The van der Waals surface area contributed by atoms with Crippen LogP contribution in [-0.4, -0.2) is 17.2 Å². The second kappa shape index (κ2) is 3.35. The number of aryl methyl sites for hydroxylation is 1. The smallest absolute Gasteiger partial charge is 0.423 e. The van der Waals surface area contributed by atoms with Crippen LogP contribution >= 0.6 is 11.3 Å². The van der Waals surface area contributed by atoms with Crippen LogP contribution in [0, 0.1) is 12.7 Å². The fourth-order valence-corrected chi connectivity index (χ4v) is 2.28.